The Kier molecular flexibility index (Phi) is 2.88. The van der Waals surface area contributed by atoms with Gasteiger partial charge in [-0.05, 0) is 42.3 Å². The fraction of sp³-hybridized carbons (Fsp3) is 0.125. The van der Waals surface area contributed by atoms with E-state index in [2.05, 4.69) is 34.2 Å². The molecule has 3 nitrogen and oxygen atoms in total. The highest BCUT2D eigenvalue weighted by Crippen LogP contribution is 2.19. The summed E-state index contributed by atoms with van der Waals surface area (Å²) in [6.07, 6.45) is 4.34. The highest BCUT2D eigenvalue weighted by molar-refractivity contribution is 5.79. The van der Waals surface area contributed by atoms with Gasteiger partial charge in [0.25, 0.3) is 0 Å². The summed E-state index contributed by atoms with van der Waals surface area (Å²) < 4.78 is 0. The van der Waals surface area contributed by atoms with Gasteiger partial charge in [0.05, 0.1) is 5.52 Å². The third-order valence-electron chi connectivity index (χ3n) is 3.23. The lowest BCUT2D eigenvalue weighted by Crippen LogP contribution is -1.96. The molecule has 3 aromatic rings. The van der Waals surface area contributed by atoms with Crippen molar-refractivity contribution < 1.29 is 0 Å². The molecule has 0 saturated heterocycles. The van der Waals surface area contributed by atoms with Crippen molar-refractivity contribution in [3.05, 3.63) is 65.6 Å². The Morgan fingerprint density at radius 1 is 1.11 bits per heavy atom. The number of hydrogen-bond acceptors (Lipinski definition) is 3. The molecule has 1 aromatic carbocycles. The number of rotatable bonds is 2. The molecule has 94 valence electrons. The van der Waals surface area contributed by atoms with Gasteiger partial charge < -0.3 is 5.73 Å². The SMILES string of the molecule is Cc1ccc2cc(Cc3cnccc3N)ccc2n1. The first-order valence-electron chi connectivity index (χ1n) is 6.27. The van der Waals surface area contributed by atoms with Crippen molar-refractivity contribution in [3.8, 4) is 0 Å². The molecule has 2 aromatic heterocycles. The maximum Gasteiger partial charge on any atom is 0.0705 e. The number of nitrogens with zero attached hydrogens (tertiary/aromatic N) is 2. The lowest BCUT2D eigenvalue weighted by molar-refractivity contribution is 1.15. The Hall–Kier alpha value is -2.42. The van der Waals surface area contributed by atoms with Crippen molar-refractivity contribution in [2.45, 2.75) is 13.3 Å². The Morgan fingerprint density at radius 3 is 2.84 bits per heavy atom. The maximum atomic E-state index is 5.95. The van der Waals surface area contributed by atoms with Gasteiger partial charge in [-0.25, -0.2) is 0 Å². The first-order valence-corrected chi connectivity index (χ1v) is 6.27. The zero-order valence-electron chi connectivity index (χ0n) is 10.8. The zero-order valence-corrected chi connectivity index (χ0v) is 10.8. The highest BCUT2D eigenvalue weighted by Gasteiger charge is 2.02. The van der Waals surface area contributed by atoms with Crippen LogP contribution in [0.15, 0.2) is 48.8 Å². The van der Waals surface area contributed by atoms with Gasteiger partial charge in [-0.2, -0.15) is 0 Å². The van der Waals surface area contributed by atoms with Gasteiger partial charge in [0.2, 0.25) is 0 Å². The average molecular weight is 249 g/mol. The summed E-state index contributed by atoms with van der Waals surface area (Å²) in [6.45, 7) is 2.00. The first kappa shape index (κ1) is 11.7. The summed E-state index contributed by atoms with van der Waals surface area (Å²) in [5.41, 5.74) is 11.1. The molecule has 0 radical (unpaired) electrons. The van der Waals surface area contributed by atoms with E-state index in [-0.39, 0.29) is 0 Å². The van der Waals surface area contributed by atoms with Crippen LogP contribution < -0.4 is 5.73 Å². The Morgan fingerprint density at radius 2 is 2.00 bits per heavy atom. The van der Waals surface area contributed by atoms with E-state index >= 15 is 0 Å². The molecule has 3 rings (SSSR count). The van der Waals surface area contributed by atoms with Crippen LogP contribution in [0.25, 0.3) is 10.9 Å². The van der Waals surface area contributed by atoms with Crippen LogP contribution in [0.1, 0.15) is 16.8 Å². The molecule has 3 heteroatoms. The van der Waals surface area contributed by atoms with E-state index in [9.17, 15) is 0 Å². The molecule has 2 heterocycles. The average Bonchev–Trinajstić information content (AvgIpc) is 2.41. The van der Waals surface area contributed by atoms with E-state index in [1.54, 1.807) is 6.20 Å². The first-order chi connectivity index (χ1) is 9.22. The summed E-state index contributed by atoms with van der Waals surface area (Å²) in [6, 6.07) is 12.3. The van der Waals surface area contributed by atoms with Crippen molar-refractivity contribution in [1.29, 1.82) is 0 Å². The number of hydrogen-bond donors (Lipinski definition) is 1. The van der Waals surface area contributed by atoms with E-state index < -0.39 is 0 Å². The lowest BCUT2D eigenvalue weighted by Gasteiger charge is -2.06. The van der Waals surface area contributed by atoms with Gasteiger partial charge in [0.1, 0.15) is 0 Å². The minimum Gasteiger partial charge on any atom is -0.398 e. The summed E-state index contributed by atoms with van der Waals surface area (Å²) in [7, 11) is 0. The van der Waals surface area contributed by atoms with Crippen LogP contribution >= 0.6 is 0 Å². The molecule has 2 N–H and O–H groups in total. The van der Waals surface area contributed by atoms with Gasteiger partial charge in [-0.15, -0.1) is 0 Å². The van der Waals surface area contributed by atoms with Crippen molar-refractivity contribution >= 4 is 16.6 Å². The third-order valence-corrected chi connectivity index (χ3v) is 3.23. The van der Waals surface area contributed by atoms with E-state index in [0.717, 1.165) is 34.3 Å². The quantitative estimate of drug-likeness (QED) is 0.759. The second kappa shape index (κ2) is 4.69. The molecule has 0 aliphatic heterocycles. The molecule has 0 atom stereocenters. The summed E-state index contributed by atoms with van der Waals surface area (Å²) in [5.74, 6) is 0. The van der Waals surface area contributed by atoms with E-state index in [1.807, 2.05) is 25.3 Å². The minimum absolute atomic E-state index is 0.789. The number of nitrogens with two attached hydrogens (primary N) is 1. The Labute approximate surface area is 112 Å². The van der Waals surface area contributed by atoms with Crippen molar-refractivity contribution in [3.63, 3.8) is 0 Å². The normalized spacial score (nSPS) is 10.8. The fourth-order valence-corrected chi connectivity index (χ4v) is 2.19. The number of anilines is 1. The molecule has 0 saturated carbocycles. The molecular formula is C16H15N3. The predicted octanol–water partition coefficient (Wildman–Crippen LogP) is 3.11. The van der Waals surface area contributed by atoms with Crippen LogP contribution in [0.2, 0.25) is 0 Å². The molecule has 0 fully saturated rings. The molecular weight excluding hydrogens is 234 g/mol. The van der Waals surface area contributed by atoms with Gasteiger partial charge in [-0.1, -0.05) is 12.1 Å². The number of aryl methyl sites for hydroxylation is 1. The predicted molar refractivity (Wildman–Crippen MR) is 77.9 cm³/mol. The number of benzene rings is 1. The van der Waals surface area contributed by atoms with E-state index in [0.29, 0.717) is 0 Å². The monoisotopic (exact) mass is 249 g/mol. The molecule has 0 aliphatic carbocycles. The van der Waals surface area contributed by atoms with Gasteiger partial charge in [0.15, 0.2) is 0 Å². The molecule has 0 amide bonds. The van der Waals surface area contributed by atoms with Crippen LogP contribution in [0.3, 0.4) is 0 Å². The third kappa shape index (κ3) is 2.40. The van der Waals surface area contributed by atoms with Gasteiger partial charge in [0, 0.05) is 35.6 Å². The second-order valence-corrected chi connectivity index (χ2v) is 4.73. The molecule has 0 bridgehead atoms. The van der Waals surface area contributed by atoms with Gasteiger partial charge >= 0.3 is 0 Å². The standard InChI is InChI=1S/C16H15N3/c1-11-2-4-13-8-12(3-5-16(13)19-11)9-14-10-18-7-6-15(14)17/h2-8,10H,9H2,1H3,(H2,17,18). The van der Waals surface area contributed by atoms with E-state index in [4.69, 9.17) is 5.73 Å². The molecule has 0 aliphatic rings. The van der Waals surface area contributed by atoms with Crippen molar-refractivity contribution in [1.82, 2.24) is 9.97 Å². The fourth-order valence-electron chi connectivity index (χ4n) is 2.19. The summed E-state index contributed by atoms with van der Waals surface area (Å²) in [5, 5.41) is 1.16. The van der Waals surface area contributed by atoms with Crippen LogP contribution in [0.5, 0.6) is 0 Å². The summed E-state index contributed by atoms with van der Waals surface area (Å²) in [4.78, 5) is 8.63. The largest absolute Gasteiger partial charge is 0.398 e. The van der Waals surface area contributed by atoms with Crippen molar-refractivity contribution in [2.75, 3.05) is 5.73 Å². The Bertz CT molecular complexity index is 735. The maximum absolute atomic E-state index is 5.95. The number of aromatic nitrogens is 2. The molecule has 0 spiro atoms. The highest BCUT2D eigenvalue weighted by atomic mass is 14.7. The smallest absolute Gasteiger partial charge is 0.0705 e. The Balaban J connectivity index is 1.98. The van der Waals surface area contributed by atoms with Crippen molar-refractivity contribution in [2.24, 2.45) is 0 Å². The second-order valence-electron chi connectivity index (χ2n) is 4.73. The summed E-state index contributed by atoms with van der Waals surface area (Å²) >= 11 is 0. The lowest BCUT2D eigenvalue weighted by atomic mass is 10.0. The van der Waals surface area contributed by atoms with E-state index in [1.165, 1.54) is 5.56 Å². The minimum atomic E-state index is 0.789. The molecule has 19 heavy (non-hydrogen) atoms. The number of fused-ring (bicyclic) bond motifs is 1. The van der Waals surface area contributed by atoms with Gasteiger partial charge in [-0.3, -0.25) is 9.97 Å². The number of nitrogen functional groups attached to an aromatic ring is 1. The van der Waals surface area contributed by atoms with Crippen LogP contribution in [0.4, 0.5) is 5.69 Å². The zero-order chi connectivity index (χ0) is 13.2. The molecule has 0 unspecified atom stereocenters. The van der Waals surface area contributed by atoms with Crippen LogP contribution in [-0.2, 0) is 6.42 Å². The van der Waals surface area contributed by atoms with Crippen LogP contribution in [0, 0.1) is 6.92 Å². The number of pyridine rings is 2. The topological polar surface area (TPSA) is 51.8 Å². The van der Waals surface area contributed by atoms with Crippen LogP contribution in [-0.4, -0.2) is 9.97 Å².